The van der Waals surface area contributed by atoms with Crippen LogP contribution >= 0.6 is 0 Å². The van der Waals surface area contributed by atoms with Crippen LogP contribution in [0.5, 0.6) is 0 Å². The number of rotatable bonds is 6. The maximum Gasteiger partial charge on any atom is 0.242 e. The molecule has 1 aliphatic carbocycles. The Morgan fingerprint density at radius 3 is 2.42 bits per heavy atom. The van der Waals surface area contributed by atoms with Gasteiger partial charge in [-0.1, -0.05) is 24.3 Å². The molecule has 1 aromatic carbocycles. The molecule has 0 spiro atoms. The first-order valence-corrected chi connectivity index (χ1v) is 8.22. The lowest BCUT2D eigenvalue weighted by Crippen LogP contribution is -2.45. The SMILES string of the molecule is CCN(C(=O)C1(C(=O)NCc2ccccn2)CC1)c1ccccc1. The fourth-order valence-electron chi connectivity index (χ4n) is 2.82. The molecule has 5 heteroatoms. The van der Waals surface area contributed by atoms with Crippen molar-refractivity contribution in [1.82, 2.24) is 10.3 Å². The molecule has 0 aliphatic heterocycles. The van der Waals surface area contributed by atoms with E-state index in [-0.39, 0.29) is 11.8 Å². The predicted octanol–water partition coefficient (Wildman–Crippen LogP) is 2.53. The Kier molecular flexibility index (Phi) is 4.60. The minimum absolute atomic E-state index is 0.116. The Morgan fingerprint density at radius 2 is 1.83 bits per heavy atom. The minimum Gasteiger partial charge on any atom is -0.350 e. The number of carbonyl (C=O) groups excluding carboxylic acids is 2. The van der Waals surface area contributed by atoms with Crippen molar-refractivity contribution in [2.45, 2.75) is 26.3 Å². The molecule has 1 heterocycles. The summed E-state index contributed by atoms with van der Waals surface area (Å²) in [6.07, 6.45) is 2.89. The lowest BCUT2D eigenvalue weighted by atomic mass is 10.0. The average Bonchev–Trinajstić information content (AvgIpc) is 3.44. The van der Waals surface area contributed by atoms with Gasteiger partial charge in [0.2, 0.25) is 11.8 Å². The van der Waals surface area contributed by atoms with Crippen LogP contribution in [0, 0.1) is 5.41 Å². The maximum atomic E-state index is 13.0. The average molecular weight is 323 g/mol. The molecule has 0 radical (unpaired) electrons. The van der Waals surface area contributed by atoms with Gasteiger partial charge in [0, 0.05) is 18.4 Å². The standard InChI is InChI=1S/C19H21N3O2/c1-2-22(16-9-4-3-5-10-16)18(24)19(11-12-19)17(23)21-14-15-8-6-7-13-20-15/h3-10,13H,2,11-12,14H2,1H3,(H,21,23). The number of hydrogen-bond donors (Lipinski definition) is 1. The van der Waals surface area contributed by atoms with Crippen LogP contribution in [0.3, 0.4) is 0 Å². The Bertz CT molecular complexity index is 712. The third-order valence-electron chi connectivity index (χ3n) is 4.38. The second-order valence-corrected chi connectivity index (χ2v) is 5.97. The molecule has 1 fully saturated rings. The molecule has 24 heavy (non-hydrogen) atoms. The molecule has 124 valence electrons. The van der Waals surface area contributed by atoms with E-state index in [1.54, 1.807) is 11.1 Å². The van der Waals surface area contributed by atoms with Crippen molar-refractivity contribution >= 4 is 17.5 Å². The summed E-state index contributed by atoms with van der Waals surface area (Å²) in [5, 5.41) is 2.86. The van der Waals surface area contributed by atoms with Crippen LogP contribution in [0.15, 0.2) is 54.7 Å². The van der Waals surface area contributed by atoms with Crippen LogP contribution in [0.1, 0.15) is 25.5 Å². The predicted molar refractivity (Wildman–Crippen MR) is 92.2 cm³/mol. The number of para-hydroxylation sites is 1. The summed E-state index contributed by atoms with van der Waals surface area (Å²) in [4.78, 5) is 31.4. The fraction of sp³-hybridized carbons (Fsp3) is 0.316. The molecule has 0 saturated heterocycles. The van der Waals surface area contributed by atoms with Gasteiger partial charge in [0.25, 0.3) is 0 Å². The van der Waals surface area contributed by atoms with Crippen molar-refractivity contribution < 1.29 is 9.59 Å². The van der Waals surface area contributed by atoms with Gasteiger partial charge < -0.3 is 10.2 Å². The van der Waals surface area contributed by atoms with Crippen LogP contribution in [0.4, 0.5) is 5.69 Å². The molecule has 0 bridgehead atoms. The third-order valence-corrected chi connectivity index (χ3v) is 4.38. The highest BCUT2D eigenvalue weighted by Gasteiger charge is 2.57. The molecular weight excluding hydrogens is 302 g/mol. The third kappa shape index (κ3) is 3.15. The summed E-state index contributed by atoms with van der Waals surface area (Å²) >= 11 is 0. The molecule has 1 aromatic heterocycles. The van der Waals surface area contributed by atoms with Gasteiger partial charge in [-0.15, -0.1) is 0 Å². The minimum atomic E-state index is -0.916. The quantitative estimate of drug-likeness (QED) is 0.831. The first kappa shape index (κ1) is 16.2. The second-order valence-electron chi connectivity index (χ2n) is 5.97. The first-order valence-electron chi connectivity index (χ1n) is 8.22. The van der Waals surface area contributed by atoms with Gasteiger partial charge in [-0.2, -0.15) is 0 Å². The summed E-state index contributed by atoms with van der Waals surface area (Å²) in [6.45, 7) is 2.80. The smallest absolute Gasteiger partial charge is 0.242 e. The fourth-order valence-corrected chi connectivity index (χ4v) is 2.82. The topological polar surface area (TPSA) is 62.3 Å². The molecule has 3 rings (SSSR count). The summed E-state index contributed by atoms with van der Waals surface area (Å²) in [5.41, 5.74) is 0.694. The van der Waals surface area contributed by atoms with Gasteiger partial charge in [-0.3, -0.25) is 14.6 Å². The molecule has 1 N–H and O–H groups in total. The molecule has 2 amide bonds. The van der Waals surface area contributed by atoms with Gasteiger partial charge in [-0.25, -0.2) is 0 Å². The summed E-state index contributed by atoms with van der Waals surface area (Å²) in [6, 6.07) is 15.0. The number of benzene rings is 1. The van der Waals surface area contributed by atoms with Gasteiger partial charge in [-0.05, 0) is 44.0 Å². The van der Waals surface area contributed by atoms with E-state index in [0.717, 1.165) is 11.4 Å². The molecule has 0 unspecified atom stereocenters. The second kappa shape index (κ2) is 6.83. The number of pyridine rings is 1. The number of amides is 2. The van der Waals surface area contributed by atoms with Crippen molar-refractivity contribution in [3.8, 4) is 0 Å². The lowest BCUT2D eigenvalue weighted by molar-refractivity contribution is -0.135. The summed E-state index contributed by atoms with van der Waals surface area (Å²) in [5.74, 6) is -0.317. The molecule has 1 aliphatic rings. The van der Waals surface area contributed by atoms with E-state index in [1.165, 1.54) is 0 Å². The number of nitrogens with zero attached hydrogens (tertiary/aromatic N) is 2. The first-order chi connectivity index (χ1) is 11.7. The number of carbonyl (C=O) groups is 2. The van der Waals surface area contributed by atoms with Crippen molar-refractivity contribution in [1.29, 1.82) is 0 Å². The van der Waals surface area contributed by atoms with Crippen molar-refractivity contribution in [2.75, 3.05) is 11.4 Å². The van der Waals surface area contributed by atoms with Crippen molar-refractivity contribution in [2.24, 2.45) is 5.41 Å². The Balaban J connectivity index is 1.70. The van der Waals surface area contributed by atoms with Crippen LogP contribution < -0.4 is 10.2 Å². The van der Waals surface area contributed by atoms with E-state index in [2.05, 4.69) is 10.3 Å². The molecule has 2 aromatic rings. The Labute approximate surface area is 141 Å². The molecule has 0 atom stereocenters. The Morgan fingerprint density at radius 1 is 1.12 bits per heavy atom. The lowest BCUT2D eigenvalue weighted by Gasteiger charge is -2.25. The zero-order valence-corrected chi connectivity index (χ0v) is 13.7. The number of aromatic nitrogens is 1. The normalized spacial score (nSPS) is 14.7. The summed E-state index contributed by atoms with van der Waals surface area (Å²) in [7, 11) is 0. The van der Waals surface area contributed by atoms with E-state index in [1.807, 2.05) is 55.5 Å². The monoisotopic (exact) mass is 323 g/mol. The number of nitrogens with one attached hydrogen (secondary N) is 1. The highest BCUT2D eigenvalue weighted by Crippen LogP contribution is 2.48. The van der Waals surface area contributed by atoms with Gasteiger partial charge in [0.1, 0.15) is 5.41 Å². The van der Waals surface area contributed by atoms with Crippen LogP contribution in [0.2, 0.25) is 0 Å². The maximum absolute atomic E-state index is 13.0. The van der Waals surface area contributed by atoms with E-state index in [4.69, 9.17) is 0 Å². The van der Waals surface area contributed by atoms with Gasteiger partial charge in [0.05, 0.1) is 12.2 Å². The number of hydrogen-bond acceptors (Lipinski definition) is 3. The van der Waals surface area contributed by atoms with Gasteiger partial charge in [0.15, 0.2) is 0 Å². The van der Waals surface area contributed by atoms with Crippen LogP contribution in [-0.2, 0) is 16.1 Å². The highest BCUT2D eigenvalue weighted by atomic mass is 16.2. The van der Waals surface area contributed by atoms with E-state index < -0.39 is 5.41 Å². The van der Waals surface area contributed by atoms with Crippen LogP contribution in [0.25, 0.3) is 0 Å². The molecular formula is C19H21N3O2. The van der Waals surface area contributed by atoms with Crippen molar-refractivity contribution in [3.05, 3.63) is 60.4 Å². The summed E-state index contributed by atoms with van der Waals surface area (Å²) < 4.78 is 0. The zero-order chi connectivity index (χ0) is 17.0. The number of anilines is 1. The van der Waals surface area contributed by atoms with Crippen molar-refractivity contribution in [3.63, 3.8) is 0 Å². The van der Waals surface area contributed by atoms with Crippen LogP contribution in [-0.4, -0.2) is 23.3 Å². The van der Waals surface area contributed by atoms with E-state index >= 15 is 0 Å². The van der Waals surface area contributed by atoms with E-state index in [0.29, 0.717) is 25.9 Å². The highest BCUT2D eigenvalue weighted by molar-refractivity contribution is 6.14. The zero-order valence-electron chi connectivity index (χ0n) is 13.7. The van der Waals surface area contributed by atoms with Gasteiger partial charge >= 0.3 is 0 Å². The largest absolute Gasteiger partial charge is 0.350 e. The Hall–Kier alpha value is -2.69. The molecule has 5 nitrogen and oxygen atoms in total. The van der Waals surface area contributed by atoms with E-state index in [9.17, 15) is 9.59 Å². The molecule has 1 saturated carbocycles.